The van der Waals surface area contributed by atoms with Crippen LogP contribution in [0.2, 0.25) is 5.02 Å². The first kappa shape index (κ1) is 14.9. The first-order chi connectivity index (χ1) is 10.7. The fourth-order valence-corrected chi connectivity index (χ4v) is 3.06. The molecule has 3 rings (SSSR count). The Morgan fingerprint density at radius 1 is 1.36 bits per heavy atom. The highest BCUT2D eigenvalue weighted by Crippen LogP contribution is 2.32. The lowest BCUT2D eigenvalue weighted by atomic mass is 10.1. The van der Waals surface area contributed by atoms with Gasteiger partial charge in [-0.1, -0.05) is 11.6 Å². The Morgan fingerprint density at radius 2 is 2.14 bits per heavy atom. The molecule has 1 aliphatic rings. The highest BCUT2D eigenvalue weighted by Gasteiger charge is 2.31. The summed E-state index contributed by atoms with van der Waals surface area (Å²) in [5.74, 6) is 0. The number of aromatic nitrogens is 2. The average Bonchev–Trinajstić information content (AvgIpc) is 3.17. The number of carbonyl (C=O) groups is 1. The number of rotatable bonds is 3. The van der Waals surface area contributed by atoms with Gasteiger partial charge in [0.25, 0.3) is 0 Å². The molecule has 1 aliphatic heterocycles. The second-order valence-corrected chi connectivity index (χ2v) is 5.80. The van der Waals surface area contributed by atoms with Gasteiger partial charge in [0.2, 0.25) is 0 Å². The van der Waals surface area contributed by atoms with E-state index >= 15 is 0 Å². The molecule has 116 valence electrons. The molecule has 1 N–H and O–H groups in total. The molecule has 5 nitrogen and oxygen atoms in total. The summed E-state index contributed by atoms with van der Waals surface area (Å²) >= 11 is 5.87. The van der Waals surface area contributed by atoms with E-state index in [2.05, 4.69) is 17.3 Å². The van der Waals surface area contributed by atoms with Crippen molar-refractivity contribution in [2.45, 2.75) is 32.4 Å². The molecule has 2 aromatic rings. The number of anilines is 1. The van der Waals surface area contributed by atoms with E-state index < -0.39 is 0 Å². The molecule has 2 amide bonds. The van der Waals surface area contributed by atoms with Crippen LogP contribution in [0, 0.1) is 0 Å². The Labute approximate surface area is 134 Å². The van der Waals surface area contributed by atoms with E-state index in [-0.39, 0.29) is 12.1 Å². The van der Waals surface area contributed by atoms with Crippen LogP contribution in [-0.4, -0.2) is 27.3 Å². The van der Waals surface area contributed by atoms with E-state index in [1.807, 2.05) is 27.8 Å². The van der Waals surface area contributed by atoms with Gasteiger partial charge in [0, 0.05) is 30.0 Å². The van der Waals surface area contributed by atoms with Gasteiger partial charge in [-0.25, -0.2) is 4.79 Å². The zero-order valence-corrected chi connectivity index (χ0v) is 13.3. The standard InChI is InChI=1S/C16H19ClN4O/c1-2-21-15(9-10-18-21)14-4-3-11-20(14)16(22)19-13-7-5-12(17)6-8-13/h5-10,14H,2-4,11H2,1H3,(H,19,22). The molecule has 0 radical (unpaired) electrons. The molecule has 0 saturated carbocycles. The van der Waals surface area contributed by atoms with E-state index in [1.165, 1.54) is 0 Å². The van der Waals surface area contributed by atoms with Gasteiger partial charge in [-0.05, 0) is 50.1 Å². The number of benzene rings is 1. The fourth-order valence-electron chi connectivity index (χ4n) is 2.94. The number of hydrogen-bond acceptors (Lipinski definition) is 2. The maximum Gasteiger partial charge on any atom is 0.322 e. The van der Waals surface area contributed by atoms with Gasteiger partial charge in [0.15, 0.2) is 0 Å². The Balaban J connectivity index is 1.75. The second-order valence-electron chi connectivity index (χ2n) is 5.36. The maximum absolute atomic E-state index is 12.6. The van der Waals surface area contributed by atoms with Crippen LogP contribution in [-0.2, 0) is 6.54 Å². The molecule has 1 fully saturated rings. The van der Waals surface area contributed by atoms with Gasteiger partial charge in [0.1, 0.15) is 0 Å². The van der Waals surface area contributed by atoms with Crippen LogP contribution in [0.5, 0.6) is 0 Å². The third kappa shape index (κ3) is 2.95. The van der Waals surface area contributed by atoms with Crippen molar-refractivity contribution in [1.82, 2.24) is 14.7 Å². The molecule has 0 spiro atoms. The van der Waals surface area contributed by atoms with Gasteiger partial charge in [0.05, 0.1) is 11.7 Å². The number of urea groups is 1. The van der Waals surface area contributed by atoms with Gasteiger partial charge >= 0.3 is 6.03 Å². The number of hydrogen-bond donors (Lipinski definition) is 1. The summed E-state index contributed by atoms with van der Waals surface area (Å²) in [6, 6.07) is 9.17. The largest absolute Gasteiger partial charge is 0.322 e. The topological polar surface area (TPSA) is 50.2 Å². The average molecular weight is 319 g/mol. The van der Waals surface area contributed by atoms with Gasteiger partial charge in [-0.2, -0.15) is 5.10 Å². The van der Waals surface area contributed by atoms with Crippen LogP contribution >= 0.6 is 11.6 Å². The molecule has 2 heterocycles. The third-order valence-corrected chi connectivity index (χ3v) is 4.25. The SMILES string of the molecule is CCn1nccc1C1CCCN1C(=O)Nc1ccc(Cl)cc1. The van der Waals surface area contributed by atoms with Crippen molar-refractivity contribution in [2.75, 3.05) is 11.9 Å². The Hall–Kier alpha value is -2.01. The molecule has 1 saturated heterocycles. The van der Waals surface area contributed by atoms with Crippen LogP contribution in [0.25, 0.3) is 0 Å². The Kier molecular flexibility index (Phi) is 4.34. The smallest absolute Gasteiger partial charge is 0.316 e. The molecule has 0 aliphatic carbocycles. The van der Waals surface area contributed by atoms with Crippen molar-refractivity contribution in [2.24, 2.45) is 0 Å². The highest BCUT2D eigenvalue weighted by molar-refractivity contribution is 6.30. The Bertz CT molecular complexity index is 652. The fraction of sp³-hybridized carbons (Fsp3) is 0.375. The first-order valence-electron chi connectivity index (χ1n) is 7.54. The summed E-state index contributed by atoms with van der Waals surface area (Å²) in [6.45, 7) is 3.63. The van der Waals surface area contributed by atoms with E-state index in [0.717, 1.165) is 37.3 Å². The van der Waals surface area contributed by atoms with Crippen LogP contribution in [0.4, 0.5) is 10.5 Å². The highest BCUT2D eigenvalue weighted by atomic mass is 35.5. The van der Waals surface area contributed by atoms with E-state index in [9.17, 15) is 4.79 Å². The van der Waals surface area contributed by atoms with Crippen molar-refractivity contribution in [1.29, 1.82) is 0 Å². The predicted molar refractivity (Wildman–Crippen MR) is 87.1 cm³/mol. The van der Waals surface area contributed by atoms with Gasteiger partial charge in [-0.15, -0.1) is 0 Å². The zero-order chi connectivity index (χ0) is 15.5. The number of halogens is 1. The molecular weight excluding hydrogens is 300 g/mol. The van der Waals surface area contributed by atoms with E-state index in [1.54, 1.807) is 18.3 Å². The summed E-state index contributed by atoms with van der Waals surface area (Å²) in [7, 11) is 0. The number of amides is 2. The summed E-state index contributed by atoms with van der Waals surface area (Å²) in [6.07, 6.45) is 3.78. The molecular formula is C16H19ClN4O. The summed E-state index contributed by atoms with van der Waals surface area (Å²) in [4.78, 5) is 14.4. The molecule has 0 bridgehead atoms. The van der Waals surface area contributed by atoms with Crippen molar-refractivity contribution >= 4 is 23.3 Å². The molecule has 1 unspecified atom stereocenters. The second kappa shape index (κ2) is 6.40. The molecule has 6 heteroatoms. The maximum atomic E-state index is 12.6. The van der Waals surface area contributed by atoms with Crippen LogP contribution in [0.3, 0.4) is 0 Å². The quantitative estimate of drug-likeness (QED) is 0.932. The minimum atomic E-state index is -0.0753. The van der Waals surface area contributed by atoms with Crippen molar-refractivity contribution in [3.8, 4) is 0 Å². The lowest BCUT2D eigenvalue weighted by molar-refractivity contribution is 0.204. The van der Waals surface area contributed by atoms with E-state index in [4.69, 9.17) is 11.6 Å². The van der Waals surface area contributed by atoms with Crippen molar-refractivity contribution in [3.63, 3.8) is 0 Å². The van der Waals surface area contributed by atoms with Crippen molar-refractivity contribution in [3.05, 3.63) is 47.2 Å². The number of nitrogens with zero attached hydrogens (tertiary/aromatic N) is 3. The summed E-state index contributed by atoms with van der Waals surface area (Å²) < 4.78 is 1.96. The lowest BCUT2D eigenvalue weighted by Gasteiger charge is -2.25. The predicted octanol–water partition coefficient (Wildman–Crippen LogP) is 3.93. The monoisotopic (exact) mass is 318 g/mol. The normalized spacial score (nSPS) is 17.7. The van der Waals surface area contributed by atoms with Crippen LogP contribution in [0.15, 0.2) is 36.5 Å². The number of aryl methyl sites for hydroxylation is 1. The zero-order valence-electron chi connectivity index (χ0n) is 12.5. The van der Waals surface area contributed by atoms with Gasteiger partial charge < -0.3 is 10.2 Å². The summed E-state index contributed by atoms with van der Waals surface area (Å²) in [5, 5.41) is 7.91. The minimum Gasteiger partial charge on any atom is -0.316 e. The molecule has 1 aromatic heterocycles. The van der Waals surface area contributed by atoms with Crippen molar-refractivity contribution < 1.29 is 4.79 Å². The van der Waals surface area contributed by atoms with Crippen LogP contribution in [0.1, 0.15) is 31.5 Å². The number of carbonyl (C=O) groups excluding carboxylic acids is 1. The third-order valence-electron chi connectivity index (χ3n) is 4.00. The van der Waals surface area contributed by atoms with Crippen LogP contribution < -0.4 is 5.32 Å². The molecule has 1 atom stereocenters. The lowest BCUT2D eigenvalue weighted by Crippen LogP contribution is -2.35. The minimum absolute atomic E-state index is 0.0753. The molecule has 1 aromatic carbocycles. The molecule has 22 heavy (non-hydrogen) atoms. The van der Waals surface area contributed by atoms with Gasteiger partial charge in [-0.3, -0.25) is 4.68 Å². The number of likely N-dealkylation sites (tertiary alicyclic amines) is 1. The van der Waals surface area contributed by atoms with E-state index in [0.29, 0.717) is 5.02 Å². The Morgan fingerprint density at radius 3 is 2.86 bits per heavy atom. The number of nitrogens with one attached hydrogen (secondary N) is 1. The first-order valence-corrected chi connectivity index (χ1v) is 7.91. The summed E-state index contributed by atoms with van der Waals surface area (Å²) in [5.41, 5.74) is 1.86.